The molecule has 0 nitrogen and oxygen atoms in total. The molecule has 23 heavy (non-hydrogen) atoms. The van der Waals surface area contributed by atoms with Crippen molar-refractivity contribution in [2.45, 2.75) is 14.7 Å². The predicted molar refractivity (Wildman–Crippen MR) is 103 cm³/mol. The van der Waals surface area contributed by atoms with Gasteiger partial charge in [0.15, 0.2) is 0 Å². The van der Waals surface area contributed by atoms with Crippen molar-refractivity contribution < 1.29 is 0 Å². The standard InChI is InChI=1S/C18H12Cl4S/c19-13-1-7-16(8-2-13)23(22,17-9-3-14(20)4-10-17)18-11-5-15(21)6-12-18/h1-12H. The van der Waals surface area contributed by atoms with Crippen LogP contribution < -0.4 is 0 Å². The summed E-state index contributed by atoms with van der Waals surface area (Å²) in [7, 11) is 5.30. The number of hydrogen-bond donors (Lipinski definition) is 0. The minimum absolute atomic E-state index is 0.680. The molecule has 0 aliphatic heterocycles. The first-order chi connectivity index (χ1) is 11.0. The molecule has 0 atom stereocenters. The summed E-state index contributed by atoms with van der Waals surface area (Å²) in [5, 5.41) is 2.04. The SMILES string of the molecule is Clc1ccc(S(Cl)(c2ccc(Cl)cc2)c2ccc(Cl)cc2)cc1. The Kier molecular flexibility index (Phi) is 5.15. The summed E-state index contributed by atoms with van der Waals surface area (Å²) in [6.45, 7) is 0. The topological polar surface area (TPSA) is 0 Å². The summed E-state index contributed by atoms with van der Waals surface area (Å²) < 4.78 is 0. The predicted octanol–water partition coefficient (Wildman–Crippen LogP) is 8.08. The van der Waals surface area contributed by atoms with Crippen molar-refractivity contribution >= 4 is 54.7 Å². The van der Waals surface area contributed by atoms with E-state index < -0.39 is 9.24 Å². The quantitative estimate of drug-likeness (QED) is 0.415. The normalized spacial score (nSPS) is 12.2. The maximum Gasteiger partial charge on any atom is 0.0406 e. The monoisotopic (exact) mass is 400 g/mol. The first-order valence-electron chi connectivity index (χ1n) is 6.80. The van der Waals surface area contributed by atoms with Gasteiger partial charge in [0, 0.05) is 29.8 Å². The van der Waals surface area contributed by atoms with Crippen molar-refractivity contribution in [3.05, 3.63) is 87.9 Å². The molecule has 0 N–H and O–H groups in total. The van der Waals surface area contributed by atoms with Gasteiger partial charge in [0.05, 0.1) is 0 Å². The smallest absolute Gasteiger partial charge is 0.0406 e. The van der Waals surface area contributed by atoms with Gasteiger partial charge in [-0.15, -0.1) is 0 Å². The summed E-state index contributed by atoms with van der Waals surface area (Å²) in [6, 6.07) is 22.9. The molecular weight excluding hydrogens is 390 g/mol. The Balaban J connectivity index is 2.21. The second-order valence-electron chi connectivity index (χ2n) is 4.90. The van der Waals surface area contributed by atoms with Gasteiger partial charge < -0.3 is 0 Å². The van der Waals surface area contributed by atoms with Crippen LogP contribution in [-0.4, -0.2) is 0 Å². The third-order valence-corrected chi connectivity index (χ3v) is 8.54. The van der Waals surface area contributed by atoms with Crippen LogP contribution in [0.15, 0.2) is 87.5 Å². The molecule has 0 aliphatic carbocycles. The van der Waals surface area contributed by atoms with E-state index in [0.29, 0.717) is 15.1 Å². The summed E-state index contributed by atoms with van der Waals surface area (Å²) in [6.07, 6.45) is 0. The van der Waals surface area contributed by atoms with E-state index in [1.54, 1.807) is 0 Å². The average molecular weight is 402 g/mol. The van der Waals surface area contributed by atoms with Crippen LogP contribution >= 0.6 is 54.7 Å². The summed E-state index contributed by atoms with van der Waals surface area (Å²) in [4.78, 5) is 3.02. The first kappa shape index (κ1) is 17.0. The molecular formula is C18H12Cl4S. The van der Waals surface area contributed by atoms with E-state index in [9.17, 15) is 0 Å². The van der Waals surface area contributed by atoms with Crippen LogP contribution in [0.3, 0.4) is 0 Å². The Hall–Kier alpha value is -0.830. The molecule has 118 valence electrons. The second kappa shape index (κ2) is 6.96. The number of rotatable bonds is 3. The molecule has 0 amide bonds. The maximum atomic E-state index is 7.23. The van der Waals surface area contributed by atoms with Gasteiger partial charge in [-0.2, -0.15) is 0 Å². The van der Waals surface area contributed by atoms with Crippen molar-refractivity contribution in [2.75, 3.05) is 0 Å². The van der Waals surface area contributed by atoms with Crippen LogP contribution in [-0.2, 0) is 0 Å². The molecule has 0 aromatic heterocycles. The second-order valence-corrected chi connectivity index (χ2v) is 10.1. The van der Waals surface area contributed by atoms with Crippen molar-refractivity contribution in [3.63, 3.8) is 0 Å². The Bertz CT molecular complexity index is 685. The van der Waals surface area contributed by atoms with Crippen molar-refractivity contribution in [1.29, 1.82) is 0 Å². The Morgan fingerprint density at radius 2 is 0.652 bits per heavy atom. The Morgan fingerprint density at radius 3 is 0.870 bits per heavy atom. The number of benzene rings is 3. The molecule has 0 fully saturated rings. The third-order valence-electron chi connectivity index (χ3n) is 3.42. The van der Waals surface area contributed by atoms with E-state index in [-0.39, 0.29) is 0 Å². The van der Waals surface area contributed by atoms with Gasteiger partial charge in [-0.1, -0.05) is 54.7 Å². The van der Waals surface area contributed by atoms with Crippen LogP contribution in [0.2, 0.25) is 15.1 Å². The lowest BCUT2D eigenvalue weighted by Gasteiger charge is -2.34. The number of halogens is 4. The lowest BCUT2D eigenvalue weighted by Crippen LogP contribution is -1.96. The fourth-order valence-corrected chi connectivity index (χ4v) is 5.93. The summed E-state index contributed by atoms with van der Waals surface area (Å²) in [5.74, 6) is 0. The zero-order valence-corrected chi connectivity index (χ0v) is 15.7. The zero-order valence-electron chi connectivity index (χ0n) is 11.8. The van der Waals surface area contributed by atoms with Gasteiger partial charge in [0.25, 0.3) is 0 Å². The lowest BCUT2D eigenvalue weighted by atomic mass is 10.3. The molecule has 0 heterocycles. The molecule has 3 aromatic rings. The molecule has 0 bridgehead atoms. The number of hydrogen-bond acceptors (Lipinski definition) is 0. The van der Waals surface area contributed by atoms with E-state index in [4.69, 9.17) is 45.5 Å². The largest absolute Gasteiger partial charge is 0.0843 e. The molecule has 3 aromatic carbocycles. The van der Waals surface area contributed by atoms with Crippen molar-refractivity contribution in [2.24, 2.45) is 0 Å². The van der Waals surface area contributed by atoms with E-state index in [0.717, 1.165) is 14.7 Å². The molecule has 0 unspecified atom stereocenters. The van der Waals surface area contributed by atoms with Gasteiger partial charge in [-0.05, 0) is 72.8 Å². The molecule has 0 spiro atoms. The minimum atomic E-state index is -1.93. The van der Waals surface area contributed by atoms with Gasteiger partial charge in [-0.3, -0.25) is 0 Å². The Labute approximate surface area is 156 Å². The lowest BCUT2D eigenvalue weighted by molar-refractivity contribution is 1.32. The van der Waals surface area contributed by atoms with Gasteiger partial charge in [-0.25, -0.2) is 0 Å². The minimum Gasteiger partial charge on any atom is -0.0843 e. The summed E-state index contributed by atoms with van der Waals surface area (Å²) in [5.41, 5.74) is 0. The molecule has 5 heteroatoms. The van der Waals surface area contributed by atoms with Crippen LogP contribution in [0, 0.1) is 0 Å². The highest BCUT2D eigenvalue weighted by atomic mass is 35.7. The fourth-order valence-electron chi connectivity index (χ4n) is 2.27. The molecule has 3 rings (SSSR count). The molecule has 0 radical (unpaired) electrons. The van der Waals surface area contributed by atoms with E-state index in [1.165, 1.54) is 0 Å². The van der Waals surface area contributed by atoms with Crippen LogP contribution in [0.5, 0.6) is 0 Å². The molecule has 0 saturated carbocycles. The highest BCUT2D eigenvalue weighted by Crippen LogP contribution is 2.72. The van der Waals surface area contributed by atoms with Gasteiger partial charge >= 0.3 is 0 Å². The van der Waals surface area contributed by atoms with E-state index in [2.05, 4.69) is 0 Å². The zero-order chi connectivity index (χ0) is 16.4. The fraction of sp³-hybridized carbons (Fsp3) is 0. The van der Waals surface area contributed by atoms with E-state index >= 15 is 0 Å². The van der Waals surface area contributed by atoms with E-state index in [1.807, 2.05) is 72.8 Å². The molecule has 0 aliphatic rings. The highest BCUT2D eigenvalue weighted by Gasteiger charge is 2.28. The van der Waals surface area contributed by atoms with Crippen LogP contribution in [0.4, 0.5) is 0 Å². The van der Waals surface area contributed by atoms with Crippen molar-refractivity contribution in [3.8, 4) is 0 Å². The maximum absolute atomic E-state index is 7.23. The highest BCUT2D eigenvalue weighted by molar-refractivity contribution is 8.51. The average Bonchev–Trinajstić information content (AvgIpc) is 2.56. The van der Waals surface area contributed by atoms with Gasteiger partial charge in [0.2, 0.25) is 0 Å². The van der Waals surface area contributed by atoms with Crippen LogP contribution in [0.25, 0.3) is 0 Å². The third kappa shape index (κ3) is 3.50. The van der Waals surface area contributed by atoms with Crippen LogP contribution in [0.1, 0.15) is 0 Å². The first-order valence-corrected chi connectivity index (χ1v) is 10.4. The Morgan fingerprint density at radius 1 is 0.435 bits per heavy atom. The van der Waals surface area contributed by atoms with Gasteiger partial charge in [0.1, 0.15) is 0 Å². The molecule has 0 saturated heterocycles. The van der Waals surface area contributed by atoms with Crippen molar-refractivity contribution in [1.82, 2.24) is 0 Å². The summed E-state index contributed by atoms with van der Waals surface area (Å²) >= 11 is 18.1.